The summed E-state index contributed by atoms with van der Waals surface area (Å²) in [6.45, 7) is 6.76. The molecule has 0 bridgehead atoms. The summed E-state index contributed by atoms with van der Waals surface area (Å²) in [6, 6.07) is 11.8. The highest BCUT2D eigenvalue weighted by atomic mass is 35.5. The standard InChI is InChI=1S/C24H30ClN3O4/c1-16(2)15-32-20-9-6-18(14-21(20)31-3)24(30)28-12-10-27(11-13-28)22(23(26)29)17-4-7-19(25)8-5-17/h4-9,14,16,22H,10-13,15H2,1-3H3,(H2,26,29)/t22-/m1/s1. The van der Waals surface area contributed by atoms with E-state index in [4.69, 9.17) is 26.8 Å². The van der Waals surface area contributed by atoms with Gasteiger partial charge in [0, 0.05) is 36.8 Å². The molecule has 3 rings (SSSR count). The highest BCUT2D eigenvalue weighted by Crippen LogP contribution is 2.30. The summed E-state index contributed by atoms with van der Waals surface area (Å²) in [6.07, 6.45) is 0. The van der Waals surface area contributed by atoms with Crippen LogP contribution >= 0.6 is 11.6 Å². The van der Waals surface area contributed by atoms with Crippen LogP contribution in [-0.4, -0.2) is 61.5 Å². The Kier molecular flexibility index (Phi) is 7.99. The summed E-state index contributed by atoms with van der Waals surface area (Å²) in [5.41, 5.74) is 7.03. The van der Waals surface area contributed by atoms with Crippen LogP contribution < -0.4 is 15.2 Å². The summed E-state index contributed by atoms with van der Waals surface area (Å²) in [5.74, 6) is 1.03. The van der Waals surface area contributed by atoms with Gasteiger partial charge in [-0.1, -0.05) is 37.6 Å². The molecule has 8 heteroatoms. The van der Waals surface area contributed by atoms with Gasteiger partial charge in [0.05, 0.1) is 13.7 Å². The molecule has 0 saturated carbocycles. The van der Waals surface area contributed by atoms with Crippen molar-refractivity contribution in [2.45, 2.75) is 19.9 Å². The number of halogens is 1. The van der Waals surface area contributed by atoms with E-state index < -0.39 is 11.9 Å². The molecule has 1 fully saturated rings. The van der Waals surface area contributed by atoms with E-state index in [2.05, 4.69) is 13.8 Å². The third-order valence-electron chi connectivity index (χ3n) is 5.40. The number of carbonyl (C=O) groups excluding carboxylic acids is 2. The number of primary amides is 1. The van der Waals surface area contributed by atoms with Crippen molar-refractivity contribution >= 4 is 23.4 Å². The number of benzene rings is 2. The zero-order chi connectivity index (χ0) is 23.3. The minimum Gasteiger partial charge on any atom is -0.493 e. The maximum atomic E-state index is 13.1. The van der Waals surface area contributed by atoms with Gasteiger partial charge in [0.1, 0.15) is 6.04 Å². The zero-order valence-electron chi connectivity index (χ0n) is 18.7. The van der Waals surface area contributed by atoms with Crippen LogP contribution in [-0.2, 0) is 4.79 Å². The lowest BCUT2D eigenvalue weighted by atomic mass is 10.0. The number of amides is 2. The summed E-state index contributed by atoms with van der Waals surface area (Å²) in [5, 5.41) is 0.600. The molecule has 32 heavy (non-hydrogen) atoms. The van der Waals surface area contributed by atoms with Crippen molar-refractivity contribution in [3.8, 4) is 11.5 Å². The molecule has 0 unspecified atom stereocenters. The Morgan fingerprint density at radius 1 is 1.03 bits per heavy atom. The van der Waals surface area contributed by atoms with Crippen LogP contribution in [0.2, 0.25) is 5.02 Å². The second-order valence-electron chi connectivity index (χ2n) is 8.26. The van der Waals surface area contributed by atoms with Gasteiger partial charge in [-0.25, -0.2) is 0 Å². The molecule has 1 heterocycles. The fourth-order valence-electron chi connectivity index (χ4n) is 3.74. The molecule has 2 N–H and O–H groups in total. The monoisotopic (exact) mass is 459 g/mol. The normalized spacial score (nSPS) is 15.5. The van der Waals surface area contributed by atoms with E-state index in [9.17, 15) is 9.59 Å². The fourth-order valence-corrected chi connectivity index (χ4v) is 3.87. The van der Waals surface area contributed by atoms with Crippen LogP contribution in [0.1, 0.15) is 35.8 Å². The van der Waals surface area contributed by atoms with E-state index in [1.54, 1.807) is 42.3 Å². The van der Waals surface area contributed by atoms with Crippen LogP contribution in [0.5, 0.6) is 11.5 Å². The predicted octanol–water partition coefficient (Wildman–Crippen LogP) is 3.37. The Bertz CT molecular complexity index is 941. The van der Waals surface area contributed by atoms with E-state index in [1.807, 2.05) is 17.0 Å². The minimum absolute atomic E-state index is 0.0829. The SMILES string of the molecule is COc1cc(C(=O)N2CCN([C@@H](C(N)=O)c3ccc(Cl)cc3)CC2)ccc1OCC(C)C. The fraction of sp³-hybridized carbons (Fsp3) is 0.417. The molecular formula is C24H30ClN3O4. The Morgan fingerprint density at radius 3 is 2.25 bits per heavy atom. The van der Waals surface area contributed by atoms with E-state index >= 15 is 0 Å². The Morgan fingerprint density at radius 2 is 1.69 bits per heavy atom. The first kappa shape index (κ1) is 23.9. The number of hydrogen-bond acceptors (Lipinski definition) is 5. The number of rotatable bonds is 8. The summed E-state index contributed by atoms with van der Waals surface area (Å²) in [7, 11) is 1.56. The van der Waals surface area contributed by atoms with Crippen LogP contribution in [0, 0.1) is 5.92 Å². The molecule has 0 aromatic heterocycles. The number of nitrogens with zero attached hydrogens (tertiary/aromatic N) is 2. The predicted molar refractivity (Wildman–Crippen MR) is 124 cm³/mol. The number of nitrogens with two attached hydrogens (primary N) is 1. The van der Waals surface area contributed by atoms with Crippen LogP contribution in [0.25, 0.3) is 0 Å². The molecule has 0 spiro atoms. The molecule has 0 aliphatic carbocycles. The smallest absolute Gasteiger partial charge is 0.254 e. The first-order valence-corrected chi connectivity index (χ1v) is 11.1. The molecule has 1 aliphatic heterocycles. The molecular weight excluding hydrogens is 430 g/mol. The number of piperazine rings is 1. The van der Waals surface area contributed by atoms with Gasteiger partial charge in [-0.3, -0.25) is 14.5 Å². The first-order chi connectivity index (χ1) is 15.3. The van der Waals surface area contributed by atoms with Gasteiger partial charge in [-0.15, -0.1) is 0 Å². The van der Waals surface area contributed by atoms with Crippen LogP contribution in [0.3, 0.4) is 0 Å². The third kappa shape index (κ3) is 5.72. The quantitative estimate of drug-likeness (QED) is 0.654. The van der Waals surface area contributed by atoms with Crippen molar-refractivity contribution in [2.75, 3.05) is 39.9 Å². The molecule has 1 aliphatic rings. The second-order valence-corrected chi connectivity index (χ2v) is 8.69. The average Bonchev–Trinajstić information content (AvgIpc) is 2.78. The molecule has 2 amide bonds. The van der Waals surface area contributed by atoms with E-state index in [0.29, 0.717) is 60.8 Å². The second kappa shape index (κ2) is 10.7. The third-order valence-corrected chi connectivity index (χ3v) is 5.66. The average molecular weight is 460 g/mol. The van der Waals surface area contributed by atoms with Gasteiger partial charge < -0.3 is 20.1 Å². The topological polar surface area (TPSA) is 85.1 Å². The van der Waals surface area contributed by atoms with Crippen LogP contribution in [0.15, 0.2) is 42.5 Å². The molecule has 172 valence electrons. The van der Waals surface area contributed by atoms with E-state index in [1.165, 1.54) is 0 Å². The van der Waals surface area contributed by atoms with Crippen LogP contribution in [0.4, 0.5) is 0 Å². The van der Waals surface area contributed by atoms with Crippen molar-refractivity contribution < 1.29 is 19.1 Å². The molecule has 2 aromatic carbocycles. The van der Waals surface area contributed by atoms with Crippen molar-refractivity contribution in [2.24, 2.45) is 11.7 Å². The van der Waals surface area contributed by atoms with Gasteiger partial charge >= 0.3 is 0 Å². The Hall–Kier alpha value is -2.77. The summed E-state index contributed by atoms with van der Waals surface area (Å²) < 4.78 is 11.2. The van der Waals surface area contributed by atoms with Crippen molar-refractivity contribution in [1.82, 2.24) is 9.80 Å². The number of hydrogen-bond donors (Lipinski definition) is 1. The van der Waals surface area contributed by atoms with Gasteiger partial charge in [0.25, 0.3) is 5.91 Å². The number of methoxy groups -OCH3 is 1. The lowest BCUT2D eigenvalue weighted by molar-refractivity contribution is -0.124. The number of ether oxygens (including phenoxy) is 2. The van der Waals surface area contributed by atoms with Crippen molar-refractivity contribution in [3.63, 3.8) is 0 Å². The molecule has 1 atom stereocenters. The van der Waals surface area contributed by atoms with Gasteiger partial charge in [-0.2, -0.15) is 0 Å². The highest BCUT2D eigenvalue weighted by molar-refractivity contribution is 6.30. The highest BCUT2D eigenvalue weighted by Gasteiger charge is 2.31. The summed E-state index contributed by atoms with van der Waals surface area (Å²) in [4.78, 5) is 29.0. The lowest BCUT2D eigenvalue weighted by Crippen LogP contribution is -2.51. The van der Waals surface area contributed by atoms with E-state index in [0.717, 1.165) is 5.56 Å². The first-order valence-electron chi connectivity index (χ1n) is 10.7. The van der Waals surface area contributed by atoms with Crippen molar-refractivity contribution in [1.29, 1.82) is 0 Å². The van der Waals surface area contributed by atoms with Crippen molar-refractivity contribution in [3.05, 3.63) is 58.6 Å². The maximum Gasteiger partial charge on any atom is 0.254 e. The zero-order valence-corrected chi connectivity index (χ0v) is 19.5. The lowest BCUT2D eigenvalue weighted by Gasteiger charge is -2.38. The molecule has 7 nitrogen and oxygen atoms in total. The summed E-state index contributed by atoms with van der Waals surface area (Å²) >= 11 is 5.97. The number of carbonyl (C=O) groups is 2. The molecule has 2 aromatic rings. The molecule has 0 radical (unpaired) electrons. The van der Waals surface area contributed by atoms with Gasteiger partial charge in [-0.05, 0) is 41.8 Å². The van der Waals surface area contributed by atoms with Gasteiger partial charge in [0.15, 0.2) is 11.5 Å². The largest absolute Gasteiger partial charge is 0.493 e. The maximum absolute atomic E-state index is 13.1. The minimum atomic E-state index is -0.554. The van der Waals surface area contributed by atoms with Gasteiger partial charge in [0.2, 0.25) is 5.91 Å². The van der Waals surface area contributed by atoms with E-state index in [-0.39, 0.29) is 5.91 Å². The Balaban J connectivity index is 1.67. The molecule has 1 saturated heterocycles. The Labute approximate surface area is 194 Å².